The van der Waals surface area contributed by atoms with Crippen LogP contribution >= 0.6 is 23.4 Å². The quantitative estimate of drug-likeness (QED) is 0.813. The molecule has 0 aliphatic carbocycles. The minimum Gasteiger partial charge on any atom is -0.325 e. The number of benzene rings is 1. The Kier molecular flexibility index (Phi) is 5.36. The number of halogens is 1. The molecular formula is C16H22ClN3S. The standard InChI is InChI=1S/C16H22ClN3S/c1-11(2)15-16(20(5)14(18-15)10-19(3)4)21-13-8-6-7-12(17)9-13/h6-9,11H,10H2,1-5H3. The van der Waals surface area contributed by atoms with Gasteiger partial charge in [0.1, 0.15) is 10.9 Å². The lowest BCUT2D eigenvalue weighted by atomic mass is 10.2. The van der Waals surface area contributed by atoms with Crippen LogP contribution in [0.4, 0.5) is 0 Å². The molecule has 0 unspecified atom stereocenters. The first-order valence-electron chi connectivity index (χ1n) is 7.02. The number of hydrogen-bond donors (Lipinski definition) is 0. The Morgan fingerprint density at radius 2 is 2.05 bits per heavy atom. The van der Waals surface area contributed by atoms with Gasteiger partial charge in [-0.1, -0.05) is 43.3 Å². The first kappa shape index (κ1) is 16.4. The maximum Gasteiger partial charge on any atom is 0.123 e. The molecule has 0 spiro atoms. The number of hydrogen-bond acceptors (Lipinski definition) is 3. The summed E-state index contributed by atoms with van der Waals surface area (Å²) in [5.74, 6) is 1.49. The van der Waals surface area contributed by atoms with Gasteiger partial charge in [0.15, 0.2) is 0 Å². The van der Waals surface area contributed by atoms with Gasteiger partial charge in [-0.05, 0) is 38.2 Å². The van der Waals surface area contributed by atoms with E-state index >= 15 is 0 Å². The molecule has 0 aliphatic rings. The molecule has 0 bridgehead atoms. The predicted octanol–water partition coefficient (Wildman–Crippen LogP) is 4.41. The van der Waals surface area contributed by atoms with Gasteiger partial charge < -0.3 is 9.47 Å². The molecule has 5 heteroatoms. The van der Waals surface area contributed by atoms with Crippen LogP contribution < -0.4 is 0 Å². The van der Waals surface area contributed by atoms with Gasteiger partial charge in [0.25, 0.3) is 0 Å². The van der Waals surface area contributed by atoms with Crippen LogP contribution in [-0.2, 0) is 13.6 Å². The van der Waals surface area contributed by atoms with Gasteiger partial charge in [-0.2, -0.15) is 0 Å². The molecule has 0 aliphatic heterocycles. The van der Waals surface area contributed by atoms with Crippen molar-refractivity contribution in [2.24, 2.45) is 7.05 Å². The SMILES string of the molecule is CC(C)c1nc(CN(C)C)n(C)c1Sc1cccc(Cl)c1. The molecule has 1 heterocycles. The number of imidazole rings is 1. The minimum atomic E-state index is 0.397. The molecule has 0 fully saturated rings. The van der Waals surface area contributed by atoms with Crippen molar-refractivity contribution < 1.29 is 0 Å². The largest absolute Gasteiger partial charge is 0.325 e. The third-order valence-electron chi connectivity index (χ3n) is 3.18. The summed E-state index contributed by atoms with van der Waals surface area (Å²) in [6.07, 6.45) is 0. The summed E-state index contributed by atoms with van der Waals surface area (Å²) >= 11 is 7.81. The van der Waals surface area contributed by atoms with Gasteiger partial charge in [0, 0.05) is 17.0 Å². The fourth-order valence-electron chi connectivity index (χ4n) is 2.11. The molecule has 2 rings (SSSR count). The molecule has 0 N–H and O–H groups in total. The van der Waals surface area contributed by atoms with Gasteiger partial charge in [0.2, 0.25) is 0 Å². The molecular weight excluding hydrogens is 302 g/mol. The van der Waals surface area contributed by atoms with Gasteiger partial charge >= 0.3 is 0 Å². The fraction of sp³-hybridized carbons (Fsp3) is 0.438. The van der Waals surface area contributed by atoms with E-state index in [1.54, 1.807) is 11.8 Å². The van der Waals surface area contributed by atoms with Crippen molar-refractivity contribution in [1.82, 2.24) is 14.5 Å². The highest BCUT2D eigenvalue weighted by Crippen LogP contribution is 2.35. The summed E-state index contributed by atoms with van der Waals surface area (Å²) in [5, 5.41) is 1.96. The molecule has 21 heavy (non-hydrogen) atoms. The van der Waals surface area contributed by atoms with E-state index in [0.717, 1.165) is 28.0 Å². The molecule has 3 nitrogen and oxygen atoms in total. The first-order valence-corrected chi connectivity index (χ1v) is 8.21. The van der Waals surface area contributed by atoms with Crippen molar-refractivity contribution in [3.63, 3.8) is 0 Å². The van der Waals surface area contributed by atoms with Crippen LogP contribution in [0.3, 0.4) is 0 Å². The summed E-state index contributed by atoms with van der Waals surface area (Å²) in [6, 6.07) is 7.96. The van der Waals surface area contributed by atoms with Crippen molar-refractivity contribution in [3.8, 4) is 0 Å². The molecule has 114 valence electrons. The van der Waals surface area contributed by atoms with E-state index in [-0.39, 0.29) is 0 Å². The second-order valence-corrected chi connectivity index (χ2v) is 7.23. The monoisotopic (exact) mass is 323 g/mol. The van der Waals surface area contributed by atoms with E-state index in [1.807, 2.05) is 18.2 Å². The lowest BCUT2D eigenvalue weighted by Crippen LogP contribution is -2.14. The average Bonchev–Trinajstić information content (AvgIpc) is 2.67. The highest BCUT2D eigenvalue weighted by atomic mass is 35.5. The zero-order chi connectivity index (χ0) is 15.6. The lowest BCUT2D eigenvalue weighted by Gasteiger charge is -2.11. The van der Waals surface area contributed by atoms with Crippen LogP contribution in [0.5, 0.6) is 0 Å². The minimum absolute atomic E-state index is 0.397. The van der Waals surface area contributed by atoms with Crippen LogP contribution in [0.1, 0.15) is 31.3 Å². The summed E-state index contributed by atoms with van der Waals surface area (Å²) < 4.78 is 2.20. The topological polar surface area (TPSA) is 21.1 Å². The third-order valence-corrected chi connectivity index (χ3v) is 4.58. The van der Waals surface area contributed by atoms with Crippen LogP contribution in [-0.4, -0.2) is 28.5 Å². The number of aromatic nitrogens is 2. The van der Waals surface area contributed by atoms with Crippen molar-refractivity contribution in [3.05, 3.63) is 40.8 Å². The Balaban J connectivity index is 2.39. The Labute approximate surface area is 136 Å². The molecule has 0 radical (unpaired) electrons. The maximum absolute atomic E-state index is 6.08. The highest BCUT2D eigenvalue weighted by molar-refractivity contribution is 7.99. The Bertz CT molecular complexity index is 620. The molecule has 0 saturated carbocycles. The smallest absolute Gasteiger partial charge is 0.123 e. The van der Waals surface area contributed by atoms with Gasteiger partial charge in [-0.25, -0.2) is 4.98 Å². The van der Waals surface area contributed by atoms with E-state index in [1.165, 1.54) is 5.03 Å². The van der Waals surface area contributed by atoms with E-state index < -0.39 is 0 Å². The molecule has 0 atom stereocenters. The molecule has 0 saturated heterocycles. The average molecular weight is 324 g/mol. The van der Waals surface area contributed by atoms with Crippen LogP contribution in [0, 0.1) is 0 Å². The van der Waals surface area contributed by atoms with Gasteiger partial charge in [0.05, 0.1) is 12.2 Å². The van der Waals surface area contributed by atoms with Gasteiger partial charge in [-0.3, -0.25) is 0 Å². The van der Waals surface area contributed by atoms with Crippen molar-refractivity contribution in [2.45, 2.75) is 36.2 Å². The van der Waals surface area contributed by atoms with E-state index in [4.69, 9.17) is 16.6 Å². The highest BCUT2D eigenvalue weighted by Gasteiger charge is 2.18. The third kappa shape index (κ3) is 4.02. The normalized spacial score (nSPS) is 11.6. The predicted molar refractivity (Wildman–Crippen MR) is 90.3 cm³/mol. The lowest BCUT2D eigenvalue weighted by molar-refractivity contribution is 0.383. The van der Waals surface area contributed by atoms with E-state index in [0.29, 0.717) is 5.92 Å². The Morgan fingerprint density at radius 1 is 1.33 bits per heavy atom. The summed E-state index contributed by atoms with van der Waals surface area (Å²) in [5.41, 5.74) is 1.15. The van der Waals surface area contributed by atoms with Crippen molar-refractivity contribution >= 4 is 23.4 Å². The summed E-state index contributed by atoms with van der Waals surface area (Å²) in [7, 11) is 6.21. The first-order chi connectivity index (χ1) is 9.88. The van der Waals surface area contributed by atoms with E-state index in [9.17, 15) is 0 Å². The zero-order valence-electron chi connectivity index (χ0n) is 13.2. The second-order valence-electron chi connectivity index (χ2n) is 5.73. The van der Waals surface area contributed by atoms with Crippen LogP contribution in [0.2, 0.25) is 5.02 Å². The second kappa shape index (κ2) is 6.86. The summed E-state index contributed by atoms with van der Waals surface area (Å²) in [6.45, 7) is 5.21. The molecule has 1 aromatic carbocycles. The van der Waals surface area contributed by atoms with Crippen molar-refractivity contribution in [1.29, 1.82) is 0 Å². The maximum atomic E-state index is 6.08. The van der Waals surface area contributed by atoms with Gasteiger partial charge in [-0.15, -0.1) is 0 Å². The molecule has 2 aromatic rings. The number of nitrogens with zero attached hydrogens (tertiary/aromatic N) is 3. The molecule has 0 amide bonds. The summed E-state index contributed by atoms with van der Waals surface area (Å²) in [4.78, 5) is 8.12. The van der Waals surface area contributed by atoms with Crippen LogP contribution in [0.25, 0.3) is 0 Å². The van der Waals surface area contributed by atoms with Crippen LogP contribution in [0.15, 0.2) is 34.2 Å². The Hall–Kier alpha value is -0.970. The van der Waals surface area contributed by atoms with Crippen molar-refractivity contribution in [2.75, 3.05) is 14.1 Å². The number of rotatable bonds is 5. The Morgan fingerprint density at radius 3 is 2.62 bits per heavy atom. The fourth-order valence-corrected chi connectivity index (χ4v) is 3.55. The zero-order valence-corrected chi connectivity index (χ0v) is 14.8. The molecule has 1 aromatic heterocycles. The van der Waals surface area contributed by atoms with E-state index in [2.05, 4.69) is 50.5 Å².